The Bertz CT molecular complexity index is 1170. The van der Waals surface area contributed by atoms with E-state index in [0.29, 0.717) is 40.2 Å². The Morgan fingerprint density at radius 1 is 1.19 bits per heavy atom. The fraction of sp³-hybridized carbons (Fsp3) is 0.348. The Morgan fingerprint density at radius 3 is 2.65 bits per heavy atom. The molecule has 1 atom stereocenters. The Hall–Kier alpha value is -2.19. The van der Waals surface area contributed by atoms with Crippen LogP contribution in [0.4, 0.5) is 0 Å². The number of halogens is 2. The van der Waals surface area contributed by atoms with Crippen LogP contribution in [0.5, 0.6) is 11.5 Å². The molecule has 0 spiro atoms. The second-order valence-electron chi connectivity index (χ2n) is 7.16. The van der Waals surface area contributed by atoms with Gasteiger partial charge in [0, 0.05) is 20.9 Å². The molecule has 0 aliphatic heterocycles. The Morgan fingerprint density at radius 2 is 1.97 bits per heavy atom. The lowest BCUT2D eigenvalue weighted by molar-refractivity contribution is 0.207. The topological polar surface area (TPSA) is 65.7 Å². The average Bonchev–Trinajstić information content (AvgIpc) is 2.75. The quantitative estimate of drug-likeness (QED) is 0.325. The van der Waals surface area contributed by atoms with Crippen LogP contribution in [-0.2, 0) is 6.42 Å². The van der Waals surface area contributed by atoms with Crippen molar-refractivity contribution >= 4 is 49.0 Å². The maximum Gasteiger partial charge on any atom is 0.282 e. The highest BCUT2D eigenvalue weighted by Crippen LogP contribution is 2.35. The smallest absolute Gasteiger partial charge is 0.282 e. The molecule has 164 valence electrons. The fourth-order valence-corrected chi connectivity index (χ4v) is 3.88. The summed E-state index contributed by atoms with van der Waals surface area (Å²) in [6, 6.07) is 9.22. The van der Waals surface area contributed by atoms with Crippen LogP contribution in [0, 0.1) is 0 Å². The maximum atomic E-state index is 13.2. The summed E-state index contributed by atoms with van der Waals surface area (Å²) in [6.45, 7) is 6.10. The lowest BCUT2D eigenvalue weighted by Crippen LogP contribution is -2.22. The first-order chi connectivity index (χ1) is 14.9. The molecule has 0 bridgehead atoms. The van der Waals surface area contributed by atoms with Gasteiger partial charge in [0.2, 0.25) is 0 Å². The summed E-state index contributed by atoms with van der Waals surface area (Å²) in [5.74, 6) is 1.80. The summed E-state index contributed by atoms with van der Waals surface area (Å²) in [4.78, 5) is 17.9. The number of benzene rings is 2. The van der Waals surface area contributed by atoms with E-state index in [1.807, 2.05) is 38.1 Å². The summed E-state index contributed by atoms with van der Waals surface area (Å²) in [5, 5.41) is 5.04. The number of fused-ring (bicyclic) bond motifs is 1. The highest BCUT2D eigenvalue weighted by molar-refractivity contribution is 9.10. The van der Waals surface area contributed by atoms with Crippen LogP contribution in [-0.4, -0.2) is 29.1 Å². The van der Waals surface area contributed by atoms with Gasteiger partial charge in [-0.15, -0.1) is 0 Å². The fourth-order valence-electron chi connectivity index (χ4n) is 3.07. The molecular weight excluding hydrogens is 526 g/mol. The van der Waals surface area contributed by atoms with Crippen LogP contribution in [0.1, 0.15) is 45.0 Å². The second kappa shape index (κ2) is 10.4. The normalized spacial score (nSPS) is 12.5. The van der Waals surface area contributed by atoms with Gasteiger partial charge in [-0.1, -0.05) is 45.7 Å². The van der Waals surface area contributed by atoms with Gasteiger partial charge in [-0.05, 0) is 50.1 Å². The van der Waals surface area contributed by atoms with Gasteiger partial charge in [0.1, 0.15) is 5.82 Å². The zero-order valence-electron chi connectivity index (χ0n) is 18.0. The molecule has 31 heavy (non-hydrogen) atoms. The van der Waals surface area contributed by atoms with E-state index >= 15 is 0 Å². The summed E-state index contributed by atoms with van der Waals surface area (Å²) in [6.07, 6.45) is 3.95. The zero-order chi connectivity index (χ0) is 22.5. The molecule has 0 saturated carbocycles. The van der Waals surface area contributed by atoms with E-state index in [0.717, 1.165) is 21.8 Å². The van der Waals surface area contributed by atoms with Crippen molar-refractivity contribution in [3.63, 3.8) is 0 Å². The molecule has 8 heteroatoms. The largest absolute Gasteiger partial charge is 0.493 e. The molecule has 3 rings (SSSR count). The van der Waals surface area contributed by atoms with Crippen LogP contribution in [0.25, 0.3) is 10.9 Å². The molecule has 0 unspecified atom stereocenters. The average molecular weight is 551 g/mol. The summed E-state index contributed by atoms with van der Waals surface area (Å²) < 4.78 is 14.6. The number of aromatic nitrogens is 2. The number of aryl methyl sites for hydroxylation is 1. The van der Waals surface area contributed by atoms with Crippen molar-refractivity contribution in [1.29, 1.82) is 0 Å². The summed E-state index contributed by atoms with van der Waals surface area (Å²) in [5.41, 5.74) is 1.15. The first-order valence-electron chi connectivity index (χ1n) is 10.2. The molecular formula is C23H25Br2N3O3. The van der Waals surface area contributed by atoms with Gasteiger partial charge in [0.05, 0.1) is 30.3 Å². The lowest BCUT2D eigenvalue weighted by Gasteiger charge is -2.18. The molecule has 1 heterocycles. The van der Waals surface area contributed by atoms with Crippen molar-refractivity contribution in [3.8, 4) is 11.5 Å². The van der Waals surface area contributed by atoms with E-state index in [1.165, 1.54) is 4.68 Å². The van der Waals surface area contributed by atoms with Crippen molar-refractivity contribution in [2.75, 3.05) is 7.11 Å². The van der Waals surface area contributed by atoms with Crippen molar-refractivity contribution in [1.82, 2.24) is 9.66 Å². The maximum absolute atomic E-state index is 13.2. The number of rotatable bonds is 8. The van der Waals surface area contributed by atoms with Gasteiger partial charge in [0.15, 0.2) is 11.5 Å². The van der Waals surface area contributed by atoms with Gasteiger partial charge >= 0.3 is 0 Å². The molecule has 3 aromatic rings. The van der Waals surface area contributed by atoms with Crippen molar-refractivity contribution in [2.45, 2.75) is 46.1 Å². The first kappa shape index (κ1) is 23.5. The molecule has 0 N–H and O–H groups in total. The standard InChI is InChI=1S/C23H25Br2N3O3/c1-5-7-21-27-19-9-8-16(24)11-18(19)23(29)28(21)26-13-15-10-17(25)12-20(30-4)22(15)31-14(3)6-2/h8-14H,5-7H2,1-4H3/t14-/m1/s1. The van der Waals surface area contributed by atoms with E-state index in [2.05, 4.69) is 48.9 Å². The van der Waals surface area contributed by atoms with Crippen LogP contribution in [0.3, 0.4) is 0 Å². The minimum absolute atomic E-state index is 0.000265. The van der Waals surface area contributed by atoms with E-state index in [9.17, 15) is 4.79 Å². The number of ether oxygens (including phenoxy) is 2. The minimum atomic E-state index is -0.211. The first-order valence-corrected chi connectivity index (χ1v) is 11.8. The molecule has 0 saturated heterocycles. The highest BCUT2D eigenvalue weighted by atomic mass is 79.9. The number of methoxy groups -OCH3 is 1. The molecule has 2 aromatic carbocycles. The third-order valence-electron chi connectivity index (χ3n) is 4.82. The minimum Gasteiger partial charge on any atom is -0.493 e. The summed E-state index contributed by atoms with van der Waals surface area (Å²) in [7, 11) is 1.60. The van der Waals surface area contributed by atoms with Crippen LogP contribution < -0.4 is 15.0 Å². The zero-order valence-corrected chi connectivity index (χ0v) is 21.2. The molecule has 0 amide bonds. The second-order valence-corrected chi connectivity index (χ2v) is 9.00. The molecule has 0 radical (unpaired) electrons. The van der Waals surface area contributed by atoms with E-state index in [-0.39, 0.29) is 11.7 Å². The van der Waals surface area contributed by atoms with Gasteiger partial charge in [-0.2, -0.15) is 9.78 Å². The van der Waals surface area contributed by atoms with Crippen molar-refractivity contribution < 1.29 is 9.47 Å². The third kappa shape index (κ3) is 5.36. The Balaban J connectivity index is 2.17. The monoisotopic (exact) mass is 549 g/mol. The Labute approximate surface area is 198 Å². The van der Waals surface area contributed by atoms with Crippen molar-refractivity contribution in [2.24, 2.45) is 5.10 Å². The molecule has 0 aliphatic carbocycles. The molecule has 6 nitrogen and oxygen atoms in total. The molecule has 1 aromatic heterocycles. The highest BCUT2D eigenvalue weighted by Gasteiger charge is 2.15. The number of nitrogens with zero attached hydrogens (tertiary/aromatic N) is 3. The summed E-state index contributed by atoms with van der Waals surface area (Å²) >= 11 is 6.94. The SMILES string of the molecule is CCCc1nc2ccc(Br)cc2c(=O)n1N=Cc1cc(Br)cc(OC)c1O[C@H](C)CC. The van der Waals surface area contributed by atoms with Crippen molar-refractivity contribution in [3.05, 3.63) is 61.0 Å². The van der Waals surface area contributed by atoms with Crippen LogP contribution >= 0.6 is 31.9 Å². The van der Waals surface area contributed by atoms with Crippen LogP contribution in [0.15, 0.2) is 49.2 Å². The lowest BCUT2D eigenvalue weighted by atomic mass is 10.2. The van der Waals surface area contributed by atoms with Crippen LogP contribution in [0.2, 0.25) is 0 Å². The van der Waals surface area contributed by atoms with E-state index in [4.69, 9.17) is 9.47 Å². The molecule has 0 fully saturated rings. The third-order valence-corrected chi connectivity index (χ3v) is 5.77. The van der Waals surface area contributed by atoms with E-state index < -0.39 is 0 Å². The predicted molar refractivity (Wildman–Crippen MR) is 132 cm³/mol. The van der Waals surface area contributed by atoms with Gasteiger partial charge in [0.25, 0.3) is 5.56 Å². The Kier molecular flexibility index (Phi) is 7.89. The van der Waals surface area contributed by atoms with Gasteiger partial charge in [-0.3, -0.25) is 4.79 Å². The van der Waals surface area contributed by atoms with Gasteiger partial charge < -0.3 is 9.47 Å². The van der Waals surface area contributed by atoms with Gasteiger partial charge in [-0.25, -0.2) is 4.98 Å². The molecule has 0 aliphatic rings. The van der Waals surface area contributed by atoms with E-state index in [1.54, 1.807) is 19.4 Å². The number of hydrogen-bond donors (Lipinski definition) is 0. The number of hydrogen-bond acceptors (Lipinski definition) is 5. The predicted octanol–water partition coefficient (Wildman–Crippen LogP) is 5.94.